The van der Waals surface area contributed by atoms with Crippen molar-refractivity contribution in [3.63, 3.8) is 0 Å². The van der Waals surface area contributed by atoms with Gasteiger partial charge in [0.15, 0.2) is 0 Å². The monoisotopic (exact) mass is 464 g/mol. The number of carbonyl (C=O) groups excluding carboxylic acids is 2. The maximum Gasteiger partial charge on any atom is 0.407 e. The first kappa shape index (κ1) is 25.0. The quantitative estimate of drug-likeness (QED) is 0.398. The Kier molecular flexibility index (Phi) is 8.85. The van der Waals surface area contributed by atoms with E-state index >= 15 is 0 Å². The lowest BCUT2D eigenvalue weighted by atomic mass is 9.98. The Labute approximate surface area is 200 Å². The van der Waals surface area contributed by atoms with Crippen LogP contribution in [-0.4, -0.2) is 41.8 Å². The Morgan fingerprint density at radius 2 is 1.65 bits per heavy atom. The van der Waals surface area contributed by atoms with Crippen molar-refractivity contribution in [2.24, 2.45) is 0 Å². The zero-order valence-corrected chi connectivity index (χ0v) is 19.5. The number of alkyl carbamates (subject to hydrolysis) is 1. The van der Waals surface area contributed by atoms with Crippen molar-refractivity contribution >= 4 is 18.0 Å². The van der Waals surface area contributed by atoms with Gasteiger partial charge in [0.05, 0.1) is 0 Å². The van der Waals surface area contributed by atoms with Crippen LogP contribution >= 0.6 is 0 Å². The van der Waals surface area contributed by atoms with Crippen molar-refractivity contribution in [3.05, 3.63) is 72.3 Å². The molecular formula is C27H32N2O5. The molecule has 2 aromatic carbocycles. The average Bonchev–Trinajstić information content (AvgIpc) is 3.13. The van der Waals surface area contributed by atoms with E-state index in [9.17, 15) is 14.4 Å². The van der Waals surface area contributed by atoms with E-state index in [0.717, 1.165) is 22.3 Å². The standard InChI is InChI=1S/C27H32N2O5/c1-3-4-15-24(26(32)28-18(2)10-9-16-25(30)31)29-27(33)34-17-23-21-13-7-5-11-19(21)20-12-6-8-14-22(20)23/h3,5-8,11-14,18,23-24H,1,4,9-10,15-17H2,2H3,(H,28,32)(H,29,33)(H,30,31). The molecular weight excluding hydrogens is 432 g/mol. The van der Waals surface area contributed by atoms with Crippen molar-refractivity contribution in [2.45, 2.75) is 57.0 Å². The van der Waals surface area contributed by atoms with Crippen molar-refractivity contribution in [1.29, 1.82) is 0 Å². The van der Waals surface area contributed by atoms with E-state index in [1.807, 2.05) is 43.3 Å². The summed E-state index contributed by atoms with van der Waals surface area (Å²) in [6, 6.07) is 15.2. The SMILES string of the molecule is C=CCCC(NC(=O)OCC1c2ccccc2-c2ccccc21)C(=O)NC(C)CCCC(=O)O. The van der Waals surface area contributed by atoms with Gasteiger partial charge in [-0.15, -0.1) is 6.58 Å². The summed E-state index contributed by atoms with van der Waals surface area (Å²) in [7, 11) is 0. The van der Waals surface area contributed by atoms with E-state index in [2.05, 4.69) is 29.3 Å². The van der Waals surface area contributed by atoms with Crippen LogP contribution < -0.4 is 10.6 Å². The number of carbonyl (C=O) groups is 3. The lowest BCUT2D eigenvalue weighted by Crippen LogP contribution is -2.49. The number of rotatable bonds is 12. The Morgan fingerprint density at radius 3 is 2.24 bits per heavy atom. The molecule has 34 heavy (non-hydrogen) atoms. The number of ether oxygens (including phenoxy) is 1. The number of allylic oxidation sites excluding steroid dienone is 1. The molecule has 2 unspecified atom stereocenters. The van der Waals surface area contributed by atoms with Crippen LogP contribution in [0.25, 0.3) is 11.1 Å². The van der Waals surface area contributed by atoms with Crippen LogP contribution in [-0.2, 0) is 14.3 Å². The highest BCUT2D eigenvalue weighted by molar-refractivity contribution is 5.86. The summed E-state index contributed by atoms with van der Waals surface area (Å²) in [4.78, 5) is 36.1. The molecule has 0 fully saturated rings. The molecule has 1 aliphatic rings. The van der Waals surface area contributed by atoms with E-state index < -0.39 is 18.1 Å². The highest BCUT2D eigenvalue weighted by Crippen LogP contribution is 2.44. The molecule has 3 rings (SSSR count). The number of amides is 2. The van der Waals surface area contributed by atoms with Crippen LogP contribution in [0.5, 0.6) is 0 Å². The number of carboxylic acids is 1. The van der Waals surface area contributed by atoms with Crippen LogP contribution in [0.4, 0.5) is 4.79 Å². The van der Waals surface area contributed by atoms with Gasteiger partial charge in [0.25, 0.3) is 0 Å². The number of benzene rings is 2. The second kappa shape index (κ2) is 12.0. The first-order valence-electron chi connectivity index (χ1n) is 11.6. The second-order valence-electron chi connectivity index (χ2n) is 8.58. The van der Waals surface area contributed by atoms with Gasteiger partial charge in [-0.3, -0.25) is 9.59 Å². The highest BCUT2D eigenvalue weighted by atomic mass is 16.5. The van der Waals surface area contributed by atoms with Crippen molar-refractivity contribution in [3.8, 4) is 11.1 Å². The molecule has 0 radical (unpaired) electrons. The van der Waals surface area contributed by atoms with E-state index in [0.29, 0.717) is 25.7 Å². The van der Waals surface area contributed by atoms with Crippen molar-refractivity contribution < 1.29 is 24.2 Å². The smallest absolute Gasteiger partial charge is 0.407 e. The third kappa shape index (κ3) is 6.47. The topological polar surface area (TPSA) is 105 Å². The summed E-state index contributed by atoms with van der Waals surface area (Å²) in [6.45, 7) is 5.67. The molecule has 0 aromatic heterocycles. The average molecular weight is 465 g/mol. The summed E-state index contributed by atoms with van der Waals surface area (Å²) in [6.07, 6.45) is 3.04. The van der Waals surface area contributed by atoms with Gasteiger partial charge in [-0.2, -0.15) is 0 Å². The second-order valence-corrected chi connectivity index (χ2v) is 8.58. The van der Waals surface area contributed by atoms with Crippen LogP contribution in [0.15, 0.2) is 61.2 Å². The van der Waals surface area contributed by atoms with Crippen LogP contribution in [0.1, 0.15) is 56.1 Å². The van der Waals surface area contributed by atoms with E-state index in [1.165, 1.54) is 0 Å². The van der Waals surface area contributed by atoms with Gasteiger partial charge in [-0.25, -0.2) is 4.79 Å². The van der Waals surface area contributed by atoms with Crippen LogP contribution in [0.3, 0.4) is 0 Å². The molecule has 7 nitrogen and oxygen atoms in total. The van der Waals surface area contributed by atoms with Crippen LogP contribution in [0.2, 0.25) is 0 Å². The molecule has 0 saturated heterocycles. The van der Waals surface area contributed by atoms with Crippen molar-refractivity contribution in [2.75, 3.05) is 6.61 Å². The lowest BCUT2D eigenvalue weighted by molar-refractivity contribution is -0.137. The fourth-order valence-corrected chi connectivity index (χ4v) is 4.31. The van der Waals surface area contributed by atoms with Gasteiger partial charge in [0, 0.05) is 18.4 Å². The molecule has 3 N–H and O–H groups in total. The van der Waals surface area contributed by atoms with E-state index in [4.69, 9.17) is 9.84 Å². The molecule has 7 heteroatoms. The molecule has 0 bridgehead atoms. The third-order valence-electron chi connectivity index (χ3n) is 6.03. The van der Waals surface area contributed by atoms with Crippen LogP contribution in [0, 0.1) is 0 Å². The summed E-state index contributed by atoms with van der Waals surface area (Å²) in [5.41, 5.74) is 4.53. The highest BCUT2D eigenvalue weighted by Gasteiger charge is 2.29. The number of aliphatic carboxylic acids is 1. The van der Waals surface area contributed by atoms with E-state index in [1.54, 1.807) is 6.08 Å². The van der Waals surface area contributed by atoms with Gasteiger partial charge >= 0.3 is 12.1 Å². The molecule has 0 aliphatic heterocycles. The summed E-state index contributed by atoms with van der Waals surface area (Å²) >= 11 is 0. The Hall–Kier alpha value is -3.61. The summed E-state index contributed by atoms with van der Waals surface area (Å²) in [5, 5.41) is 14.3. The zero-order valence-electron chi connectivity index (χ0n) is 19.5. The maximum atomic E-state index is 12.7. The Balaban J connectivity index is 1.58. The van der Waals surface area contributed by atoms with Gasteiger partial charge in [-0.05, 0) is 54.9 Å². The minimum absolute atomic E-state index is 0.0537. The lowest BCUT2D eigenvalue weighted by Gasteiger charge is -2.21. The Bertz CT molecular complexity index is 990. The molecule has 0 saturated carbocycles. The molecule has 1 aliphatic carbocycles. The molecule has 2 atom stereocenters. The molecule has 2 amide bonds. The number of hydrogen-bond donors (Lipinski definition) is 3. The maximum absolute atomic E-state index is 12.7. The van der Waals surface area contributed by atoms with E-state index in [-0.39, 0.29) is 30.9 Å². The number of hydrogen-bond acceptors (Lipinski definition) is 4. The molecule has 180 valence electrons. The normalized spacial score (nSPS) is 13.8. The Morgan fingerprint density at radius 1 is 1.03 bits per heavy atom. The number of fused-ring (bicyclic) bond motifs is 3. The summed E-state index contributed by atoms with van der Waals surface area (Å²) in [5.74, 6) is -1.25. The summed E-state index contributed by atoms with van der Waals surface area (Å²) < 4.78 is 5.58. The molecule has 0 spiro atoms. The fraction of sp³-hybridized carbons (Fsp3) is 0.370. The van der Waals surface area contributed by atoms with Crippen molar-refractivity contribution in [1.82, 2.24) is 10.6 Å². The fourth-order valence-electron chi connectivity index (χ4n) is 4.31. The first-order valence-corrected chi connectivity index (χ1v) is 11.6. The first-order chi connectivity index (χ1) is 16.4. The third-order valence-corrected chi connectivity index (χ3v) is 6.03. The predicted octanol–water partition coefficient (Wildman–Crippen LogP) is 4.62. The number of carboxylic acid groups (broad SMARTS) is 1. The van der Waals surface area contributed by atoms with Gasteiger partial charge < -0.3 is 20.5 Å². The number of nitrogens with one attached hydrogen (secondary N) is 2. The van der Waals surface area contributed by atoms with Gasteiger partial charge in [-0.1, -0.05) is 54.6 Å². The molecule has 0 heterocycles. The zero-order chi connectivity index (χ0) is 24.5. The van der Waals surface area contributed by atoms with Gasteiger partial charge in [0.2, 0.25) is 5.91 Å². The van der Waals surface area contributed by atoms with Gasteiger partial charge in [0.1, 0.15) is 12.6 Å². The predicted molar refractivity (Wildman–Crippen MR) is 131 cm³/mol. The molecule has 2 aromatic rings. The minimum atomic E-state index is -0.862. The largest absolute Gasteiger partial charge is 0.481 e. The minimum Gasteiger partial charge on any atom is -0.481 e.